The number of aldehydes is 1. The number of hydrogen-bond donors (Lipinski definition) is 2. The van der Waals surface area contributed by atoms with Crippen molar-refractivity contribution in [3.8, 4) is 23.3 Å². The van der Waals surface area contributed by atoms with E-state index in [4.69, 9.17) is 24.0 Å². The van der Waals surface area contributed by atoms with Gasteiger partial charge in [0, 0.05) is 61.9 Å². The van der Waals surface area contributed by atoms with Gasteiger partial charge in [0.15, 0.2) is 21.2 Å². The van der Waals surface area contributed by atoms with E-state index < -0.39 is 112 Å². The lowest BCUT2D eigenvalue weighted by Gasteiger charge is -2.32. The van der Waals surface area contributed by atoms with Gasteiger partial charge in [-0.1, -0.05) is 32.0 Å². The van der Waals surface area contributed by atoms with Gasteiger partial charge in [-0.25, -0.2) is 28.4 Å². The molecule has 1 aliphatic rings. The number of benzene rings is 1. The van der Waals surface area contributed by atoms with Crippen molar-refractivity contribution < 1.29 is 84.7 Å². The van der Waals surface area contributed by atoms with E-state index in [1.165, 1.54) is 76.5 Å². The van der Waals surface area contributed by atoms with Crippen LogP contribution in [-0.2, 0) is 49.1 Å². The molecule has 0 aliphatic carbocycles. The summed E-state index contributed by atoms with van der Waals surface area (Å²) in [7, 11) is -0.694. The number of unbranched alkanes of at least 4 members (excludes halogenated alkanes) is 1. The van der Waals surface area contributed by atoms with Gasteiger partial charge in [-0.15, -0.1) is 0 Å². The third kappa shape index (κ3) is 21.0. The Labute approximate surface area is 486 Å². The van der Waals surface area contributed by atoms with Crippen LogP contribution in [0, 0.1) is 18.3 Å². The first-order valence-electron chi connectivity index (χ1n) is 24.9. The molecular weight excluding hydrogens is 1190 g/mol. The molecule has 0 radical (unpaired) electrons. The van der Waals surface area contributed by atoms with Crippen molar-refractivity contribution >= 4 is 40.0 Å². The molecule has 0 saturated carbocycles. The Morgan fingerprint density at radius 3 is 1.69 bits per heavy atom. The van der Waals surface area contributed by atoms with Gasteiger partial charge < -0.3 is 34.3 Å². The molecule has 6 aromatic heterocycles. The van der Waals surface area contributed by atoms with Gasteiger partial charge in [-0.3, -0.25) is 23.0 Å². The highest BCUT2D eigenvalue weighted by molar-refractivity contribution is 7.91. The Bertz CT molecular complexity index is 3570. The van der Waals surface area contributed by atoms with Crippen LogP contribution in [-0.4, -0.2) is 111 Å². The first-order valence-corrected chi connectivity index (χ1v) is 26.6. The molecule has 0 unspecified atom stereocenters. The second-order valence-corrected chi connectivity index (χ2v) is 20.7. The van der Waals surface area contributed by atoms with Crippen LogP contribution in [0.4, 0.5) is 52.7 Å². The lowest BCUT2D eigenvalue weighted by atomic mass is 9.78. The van der Waals surface area contributed by atoms with Crippen LogP contribution in [0.5, 0.6) is 11.5 Å². The van der Waals surface area contributed by atoms with Crippen LogP contribution in [0.2, 0.25) is 0 Å². The number of nitrogens with zero attached hydrogens (tertiary/aromatic N) is 8. The largest absolute Gasteiger partial charge is 0.502 e. The Balaban J connectivity index is 0.000000397. The van der Waals surface area contributed by atoms with E-state index in [1.807, 2.05) is 13.8 Å². The molecule has 1 fully saturated rings. The highest BCUT2D eigenvalue weighted by atomic mass is 32.2. The number of imidazole rings is 2. The molecule has 0 amide bonds. The number of nitrogens with two attached hydrogens (primary N) is 1. The van der Waals surface area contributed by atoms with Gasteiger partial charge in [0.2, 0.25) is 0 Å². The molecule has 472 valence electrons. The van der Waals surface area contributed by atoms with Gasteiger partial charge in [-0.05, 0) is 85.2 Å². The maximum Gasteiger partial charge on any atom is 0.502 e. The van der Waals surface area contributed by atoms with Crippen molar-refractivity contribution in [1.29, 1.82) is 5.26 Å². The Kier molecular flexibility index (Phi) is 26.8. The predicted molar refractivity (Wildman–Crippen MR) is 293 cm³/mol. The van der Waals surface area contributed by atoms with E-state index in [9.17, 15) is 75.5 Å². The molecule has 1 saturated heterocycles. The number of rotatable bonds is 12. The van der Waals surface area contributed by atoms with E-state index in [0.29, 0.717) is 12.1 Å². The first kappa shape index (κ1) is 74.3. The summed E-state index contributed by atoms with van der Waals surface area (Å²) >= 11 is 0. The van der Waals surface area contributed by atoms with Crippen molar-refractivity contribution in [2.24, 2.45) is 5.73 Å². The number of halogens is 12. The molecule has 0 bridgehead atoms. The number of pyridine rings is 2. The summed E-state index contributed by atoms with van der Waals surface area (Å²) in [6, 6.07) is 13.3. The zero-order chi connectivity index (χ0) is 64.5. The molecule has 3 N–H and O–H groups in total. The summed E-state index contributed by atoms with van der Waals surface area (Å²) in [5.74, 6) is 0.0222. The topological polar surface area (TPSA) is 253 Å². The quantitative estimate of drug-likeness (QED) is 0.0656. The van der Waals surface area contributed by atoms with Crippen LogP contribution in [0.3, 0.4) is 0 Å². The third-order valence-electron chi connectivity index (χ3n) is 11.9. The molecular formula is C53H63BF12N10O9S. The van der Waals surface area contributed by atoms with Gasteiger partial charge in [0.1, 0.15) is 40.5 Å². The number of carbonyl (C=O) groups excluding carboxylic acids is 1. The number of H-pyrrole nitrogens is 1. The minimum Gasteiger partial charge on any atom is -0.497 e. The normalized spacial score (nSPS) is 13.5. The number of alkyl halides is 12. The average molecular weight is 1260 g/mol. The molecule has 1 aliphatic heterocycles. The Morgan fingerprint density at radius 2 is 1.27 bits per heavy atom. The summed E-state index contributed by atoms with van der Waals surface area (Å²) in [6.45, 7) is 10.6. The maximum atomic E-state index is 13.6. The molecule has 7 heterocycles. The summed E-state index contributed by atoms with van der Waals surface area (Å²) in [5, 5.41) is 8.29. The summed E-state index contributed by atoms with van der Waals surface area (Å²) in [6.07, 6.45) is -11.2. The van der Waals surface area contributed by atoms with Crippen LogP contribution in [0.1, 0.15) is 96.1 Å². The van der Waals surface area contributed by atoms with E-state index in [1.54, 1.807) is 45.9 Å². The Hall–Kier alpha value is -7.83. The van der Waals surface area contributed by atoms with Gasteiger partial charge >= 0.3 is 31.8 Å². The fourth-order valence-corrected chi connectivity index (χ4v) is 7.82. The SMILES string of the molecule is C.CCCC=O.CN.COc1ccn2c(=O)c(-n3cnc(CCC(F)(F)F)c3)c(C(F)(F)F)nc2c1.COc1ccn2c(=O)c(B3OC(C)(C)C(C)(C)O3)c(C(F)(F)F)nc2c1.Cc1ccc(S(=O)(=O)CC#N)cc1.FC(F)(F)CCc1cnc[nH]1. The number of nitrogens with one attached hydrogen (secondary N) is 1. The van der Waals surface area contributed by atoms with E-state index in [-0.39, 0.29) is 47.2 Å². The highest BCUT2D eigenvalue weighted by Crippen LogP contribution is 2.38. The number of aromatic nitrogens is 8. The molecule has 86 heavy (non-hydrogen) atoms. The second kappa shape index (κ2) is 31.0. The van der Waals surface area contributed by atoms with E-state index in [0.717, 1.165) is 50.2 Å². The lowest BCUT2D eigenvalue weighted by molar-refractivity contribution is -0.141. The van der Waals surface area contributed by atoms with Crippen molar-refractivity contribution in [3.05, 3.63) is 135 Å². The highest BCUT2D eigenvalue weighted by Gasteiger charge is 2.55. The van der Waals surface area contributed by atoms with Crippen LogP contribution >= 0.6 is 0 Å². The average Bonchev–Trinajstić information content (AvgIpc) is 1.55. The number of aromatic amines is 1. The van der Waals surface area contributed by atoms with Crippen molar-refractivity contribution in [2.75, 3.05) is 27.0 Å². The van der Waals surface area contributed by atoms with Gasteiger partial charge in [0.05, 0.1) is 60.2 Å². The number of hydrogen-bond acceptors (Lipinski definition) is 15. The fourth-order valence-electron chi connectivity index (χ4n) is 6.93. The summed E-state index contributed by atoms with van der Waals surface area (Å²) in [4.78, 5) is 52.2. The van der Waals surface area contributed by atoms with Crippen molar-refractivity contribution in [1.82, 2.24) is 38.3 Å². The van der Waals surface area contributed by atoms with E-state index in [2.05, 4.69) is 30.7 Å². The van der Waals surface area contributed by atoms with Gasteiger partial charge in [0.25, 0.3) is 11.1 Å². The molecule has 8 rings (SSSR count). The zero-order valence-corrected chi connectivity index (χ0v) is 47.8. The van der Waals surface area contributed by atoms with Crippen LogP contribution in [0.15, 0.2) is 100 Å². The van der Waals surface area contributed by atoms with Crippen LogP contribution in [0.25, 0.3) is 17.0 Å². The smallest absolute Gasteiger partial charge is 0.497 e. The molecule has 33 heteroatoms. The first-order chi connectivity index (χ1) is 39.4. The standard InChI is InChI=1S/C16H18BF3N2O4.C16H12F6N4O2.C9H9NO2S.C6H7F3N2.C4H8O.CH5N.CH4/c1-14(2)15(3,4)26-17(25-14)11-12(16(18,19)20)21-10-8-9(24-5)6-7-22(10)13(11)23;1-28-10-3-5-26-11(6-10)24-13(16(20,21)22)12(14(26)27)25-7-9(23-8-25)2-4-15(17,18)19;1-8-2-4-9(5-3-8)13(11,12)7-6-10;7-6(8,9)2-1-5-3-10-4-11-5;1-2-3-4-5;1-2;/h6-8H,1-5H3;3,5-8H,2,4H2,1H3;2-5H,7H2,1H3;3-4H,1-2H2,(H,10,11);4H,2-3H2,1H3;2H2,1H3;1H4. The number of ether oxygens (including phenoxy) is 2. The second-order valence-electron chi connectivity index (χ2n) is 18.7. The number of methoxy groups -OCH3 is 2. The third-order valence-corrected chi connectivity index (χ3v) is 13.4. The zero-order valence-electron chi connectivity index (χ0n) is 47.0. The van der Waals surface area contributed by atoms with Crippen molar-refractivity contribution in [2.45, 2.75) is 128 Å². The molecule has 1 aromatic carbocycles. The summed E-state index contributed by atoms with van der Waals surface area (Å²) < 4.78 is 200. The van der Waals surface area contributed by atoms with Gasteiger partial charge in [-0.2, -0.15) is 57.9 Å². The predicted octanol–water partition coefficient (Wildman–Crippen LogP) is 9.82. The molecule has 7 aromatic rings. The lowest BCUT2D eigenvalue weighted by Crippen LogP contribution is -2.50. The van der Waals surface area contributed by atoms with Crippen molar-refractivity contribution in [3.63, 3.8) is 0 Å². The molecule has 19 nitrogen and oxygen atoms in total. The minimum atomic E-state index is -4.98. The number of nitriles is 1. The minimum absolute atomic E-state index is 0. The molecule has 0 spiro atoms. The molecule has 0 atom stereocenters. The fraction of sp³-hybridized carbons (Fsp3) is 0.434. The Morgan fingerprint density at radius 1 is 0.779 bits per heavy atom. The number of carbonyl (C=O) groups is 1. The number of aryl methyl sites for hydroxylation is 3. The van der Waals surface area contributed by atoms with Crippen LogP contribution < -0.4 is 31.8 Å². The number of fused-ring (bicyclic) bond motifs is 2. The number of sulfone groups is 1. The monoisotopic (exact) mass is 1250 g/mol. The van der Waals surface area contributed by atoms with E-state index >= 15 is 0 Å². The maximum absolute atomic E-state index is 13.6. The summed E-state index contributed by atoms with van der Waals surface area (Å²) in [5.41, 5.74) is -2.65.